The van der Waals surface area contributed by atoms with Crippen LogP contribution in [0.15, 0.2) is 140 Å². The first-order valence-electron chi connectivity index (χ1n) is 16.3. The molecule has 0 saturated heterocycles. The lowest BCUT2D eigenvalue weighted by atomic mass is 10.1. The summed E-state index contributed by atoms with van der Waals surface area (Å²) in [6.45, 7) is 1.37. The van der Waals surface area contributed by atoms with E-state index in [0.717, 1.165) is 22.3 Å². The van der Waals surface area contributed by atoms with Gasteiger partial charge in [-0.15, -0.1) is 0 Å². The van der Waals surface area contributed by atoms with Crippen molar-refractivity contribution in [3.63, 3.8) is 0 Å². The van der Waals surface area contributed by atoms with Crippen molar-refractivity contribution in [2.24, 2.45) is 0 Å². The van der Waals surface area contributed by atoms with Gasteiger partial charge in [0.2, 0.25) is 0 Å². The molecule has 264 valence electrons. The zero-order chi connectivity index (χ0) is 35.9. The molecule has 0 fully saturated rings. The van der Waals surface area contributed by atoms with E-state index in [1.54, 1.807) is 25.2 Å². The molecular weight excluding hydrogens is 669 g/mol. The standard InChI is InChI=1S/C40H40NO9P/c1-31(42)49-39(26-41(2)40(43)46-28-33-17-9-4-10-18-33)36-23-24-37(45-27-32-15-7-3-8-16-32)38(25-36)50-51(44,47-29-34-19-11-5-12-20-34)48-30-35-21-13-6-14-22-35/h3-25,39H,26-30H2,1-2H3. The molecule has 10 nitrogen and oxygen atoms in total. The number of nitrogens with zero attached hydrogens (tertiary/aromatic N) is 1. The molecule has 5 rings (SSSR count). The summed E-state index contributed by atoms with van der Waals surface area (Å²) in [5, 5.41) is 0. The number of hydrogen-bond donors (Lipinski definition) is 0. The molecule has 11 heteroatoms. The van der Waals surface area contributed by atoms with E-state index in [1.165, 1.54) is 11.8 Å². The highest BCUT2D eigenvalue weighted by Gasteiger charge is 2.32. The molecule has 0 spiro atoms. The number of likely N-dealkylation sites (N-methyl/N-ethyl adjacent to an activating group) is 1. The molecule has 0 aliphatic carbocycles. The molecule has 1 unspecified atom stereocenters. The average Bonchev–Trinajstić information content (AvgIpc) is 3.16. The first kappa shape index (κ1) is 36.9. The molecule has 1 atom stereocenters. The van der Waals surface area contributed by atoms with E-state index < -0.39 is 26.0 Å². The van der Waals surface area contributed by atoms with Gasteiger partial charge in [0.25, 0.3) is 0 Å². The average molecular weight is 710 g/mol. The molecule has 5 aromatic rings. The minimum absolute atomic E-state index is 0.0272. The van der Waals surface area contributed by atoms with Crippen molar-refractivity contribution in [1.29, 1.82) is 0 Å². The fourth-order valence-electron chi connectivity index (χ4n) is 4.88. The van der Waals surface area contributed by atoms with Crippen LogP contribution < -0.4 is 9.26 Å². The number of phosphoric ester groups is 1. The van der Waals surface area contributed by atoms with Crippen LogP contribution in [-0.4, -0.2) is 30.6 Å². The summed E-state index contributed by atoms with van der Waals surface area (Å²) in [6.07, 6.45) is -1.56. The fraction of sp³-hybridized carbons (Fsp3) is 0.200. The normalized spacial score (nSPS) is 11.6. The van der Waals surface area contributed by atoms with Crippen LogP contribution in [0.2, 0.25) is 0 Å². The van der Waals surface area contributed by atoms with Gasteiger partial charge in [0.15, 0.2) is 11.5 Å². The van der Waals surface area contributed by atoms with Crippen LogP contribution in [-0.2, 0) is 54.3 Å². The highest BCUT2D eigenvalue weighted by molar-refractivity contribution is 7.48. The minimum atomic E-state index is -4.33. The molecule has 5 aromatic carbocycles. The number of carbonyl (C=O) groups excluding carboxylic acids is 2. The van der Waals surface area contributed by atoms with Crippen LogP contribution in [0.5, 0.6) is 11.5 Å². The molecule has 51 heavy (non-hydrogen) atoms. The molecule has 0 aromatic heterocycles. The Kier molecular flexibility index (Phi) is 13.4. The summed E-state index contributed by atoms with van der Waals surface area (Å²) >= 11 is 0. The van der Waals surface area contributed by atoms with Gasteiger partial charge in [0, 0.05) is 14.0 Å². The predicted molar refractivity (Wildman–Crippen MR) is 192 cm³/mol. The van der Waals surface area contributed by atoms with Crippen molar-refractivity contribution in [2.45, 2.75) is 39.5 Å². The van der Waals surface area contributed by atoms with Crippen molar-refractivity contribution in [2.75, 3.05) is 13.6 Å². The van der Waals surface area contributed by atoms with E-state index in [1.807, 2.05) is 121 Å². The molecular formula is C40H40NO9P. The Morgan fingerprint density at radius 2 is 1.10 bits per heavy atom. The third kappa shape index (κ3) is 11.9. The number of carbonyl (C=O) groups is 2. The van der Waals surface area contributed by atoms with E-state index in [2.05, 4.69) is 0 Å². The third-order valence-electron chi connectivity index (χ3n) is 7.52. The molecule has 0 radical (unpaired) electrons. The highest BCUT2D eigenvalue weighted by atomic mass is 31.2. The summed E-state index contributed by atoms with van der Waals surface area (Å²) in [7, 11) is -2.78. The van der Waals surface area contributed by atoms with Gasteiger partial charge in [-0.2, -0.15) is 0 Å². The lowest BCUT2D eigenvalue weighted by Gasteiger charge is -2.25. The van der Waals surface area contributed by atoms with Crippen LogP contribution in [0.4, 0.5) is 4.79 Å². The van der Waals surface area contributed by atoms with Gasteiger partial charge in [-0.05, 0) is 39.9 Å². The van der Waals surface area contributed by atoms with Crippen LogP contribution in [0, 0.1) is 0 Å². The number of esters is 1. The maximum atomic E-state index is 14.4. The summed E-state index contributed by atoms with van der Waals surface area (Å²) in [6, 6.07) is 42.1. The molecule has 1 amide bonds. The van der Waals surface area contributed by atoms with Crippen molar-refractivity contribution >= 4 is 19.9 Å². The second-order valence-electron chi connectivity index (χ2n) is 11.6. The van der Waals surface area contributed by atoms with E-state index >= 15 is 0 Å². The number of amides is 1. The summed E-state index contributed by atoms with van der Waals surface area (Å²) < 4.78 is 49.6. The zero-order valence-electron chi connectivity index (χ0n) is 28.5. The van der Waals surface area contributed by atoms with Crippen LogP contribution >= 0.6 is 7.82 Å². The topological polar surface area (TPSA) is 110 Å². The Morgan fingerprint density at radius 1 is 0.627 bits per heavy atom. The van der Waals surface area contributed by atoms with Gasteiger partial charge in [0.05, 0.1) is 19.8 Å². The van der Waals surface area contributed by atoms with Gasteiger partial charge in [0.1, 0.15) is 19.3 Å². The lowest BCUT2D eigenvalue weighted by molar-refractivity contribution is -0.147. The van der Waals surface area contributed by atoms with Gasteiger partial charge in [-0.1, -0.05) is 127 Å². The predicted octanol–water partition coefficient (Wildman–Crippen LogP) is 9.06. The molecule has 0 N–H and O–H groups in total. The molecule has 0 heterocycles. The quantitative estimate of drug-likeness (QED) is 0.0690. The smallest absolute Gasteiger partial charge is 0.485 e. The van der Waals surface area contributed by atoms with Gasteiger partial charge >= 0.3 is 19.9 Å². The van der Waals surface area contributed by atoms with E-state index in [4.69, 9.17) is 27.8 Å². The first-order valence-corrected chi connectivity index (χ1v) is 17.8. The Morgan fingerprint density at radius 3 is 1.59 bits per heavy atom. The lowest BCUT2D eigenvalue weighted by Crippen LogP contribution is -2.33. The maximum absolute atomic E-state index is 14.4. The second kappa shape index (κ2) is 18.5. The number of benzene rings is 5. The zero-order valence-corrected chi connectivity index (χ0v) is 29.4. The van der Waals surface area contributed by atoms with Gasteiger partial charge < -0.3 is 23.6 Å². The van der Waals surface area contributed by atoms with Crippen LogP contribution in [0.3, 0.4) is 0 Å². The highest BCUT2D eigenvalue weighted by Crippen LogP contribution is 2.53. The van der Waals surface area contributed by atoms with Crippen molar-refractivity contribution in [1.82, 2.24) is 4.90 Å². The van der Waals surface area contributed by atoms with Crippen molar-refractivity contribution in [3.8, 4) is 11.5 Å². The number of hydrogen-bond acceptors (Lipinski definition) is 9. The molecule has 0 aliphatic heterocycles. The second-order valence-corrected chi connectivity index (χ2v) is 13.1. The largest absolute Gasteiger partial charge is 0.530 e. The minimum Gasteiger partial charge on any atom is -0.485 e. The summed E-state index contributed by atoms with van der Waals surface area (Å²) in [4.78, 5) is 26.5. The van der Waals surface area contributed by atoms with Crippen LogP contribution in [0.1, 0.15) is 40.8 Å². The Labute approximate surface area is 298 Å². The van der Waals surface area contributed by atoms with Gasteiger partial charge in [-0.25, -0.2) is 9.36 Å². The van der Waals surface area contributed by atoms with Crippen molar-refractivity contribution < 1.29 is 41.9 Å². The monoisotopic (exact) mass is 709 g/mol. The van der Waals surface area contributed by atoms with E-state index in [9.17, 15) is 14.2 Å². The third-order valence-corrected chi connectivity index (χ3v) is 8.83. The Bertz CT molecular complexity index is 1830. The van der Waals surface area contributed by atoms with E-state index in [0.29, 0.717) is 5.56 Å². The SMILES string of the molecule is CC(=O)OC(CN(C)C(=O)OCc1ccccc1)c1ccc(OCc2ccccc2)c(OP(=O)(OCc2ccccc2)OCc2ccccc2)c1. The first-order chi connectivity index (χ1) is 24.8. The molecule has 0 bridgehead atoms. The number of phosphoric acid groups is 1. The summed E-state index contributed by atoms with van der Waals surface area (Å²) in [5.41, 5.74) is 3.68. The number of rotatable bonds is 17. The van der Waals surface area contributed by atoms with Crippen molar-refractivity contribution in [3.05, 3.63) is 167 Å². The Hall–Kier alpha value is -5.41. The Balaban J connectivity index is 1.42. The fourth-order valence-corrected chi connectivity index (χ4v) is 6.06. The van der Waals surface area contributed by atoms with Gasteiger partial charge in [-0.3, -0.25) is 13.8 Å². The number of ether oxygens (including phenoxy) is 3. The molecule has 0 aliphatic rings. The van der Waals surface area contributed by atoms with E-state index in [-0.39, 0.29) is 44.5 Å². The molecule has 0 saturated carbocycles. The summed E-state index contributed by atoms with van der Waals surface area (Å²) in [5.74, 6) is -0.299. The maximum Gasteiger partial charge on any atom is 0.530 e. The van der Waals surface area contributed by atoms with Crippen LogP contribution in [0.25, 0.3) is 0 Å².